The summed E-state index contributed by atoms with van der Waals surface area (Å²) in [4.78, 5) is 3.91. The molecule has 0 spiro atoms. The van der Waals surface area contributed by atoms with Crippen molar-refractivity contribution in [1.29, 1.82) is 0 Å². The average Bonchev–Trinajstić information content (AvgIpc) is 2.56. The van der Waals surface area contributed by atoms with Crippen molar-refractivity contribution in [3.63, 3.8) is 0 Å². The fourth-order valence-electron chi connectivity index (χ4n) is 1.70. The predicted octanol–water partition coefficient (Wildman–Crippen LogP) is 3.71. The summed E-state index contributed by atoms with van der Waals surface area (Å²) in [5.41, 5.74) is 0. The zero-order valence-electron chi connectivity index (χ0n) is 7.88. The van der Waals surface area contributed by atoms with Gasteiger partial charge in [0.25, 0.3) is 0 Å². The molecule has 0 unspecified atom stereocenters. The van der Waals surface area contributed by atoms with Crippen LogP contribution in [0.3, 0.4) is 0 Å². The number of rotatable bonds is 2. The van der Waals surface area contributed by atoms with Gasteiger partial charge >= 0.3 is 0 Å². The van der Waals surface area contributed by atoms with E-state index in [1.54, 1.807) is 0 Å². The fraction of sp³-hybridized carbons (Fsp3) is 0.600. The average molecular weight is 295 g/mol. The molecule has 2 rings (SSSR count). The van der Waals surface area contributed by atoms with Crippen LogP contribution in [0.2, 0.25) is 0 Å². The Morgan fingerprint density at radius 1 is 1.50 bits per heavy atom. The van der Waals surface area contributed by atoms with Crippen LogP contribution in [-0.2, 0) is 6.54 Å². The van der Waals surface area contributed by atoms with Gasteiger partial charge in [-0.05, 0) is 53.3 Å². The van der Waals surface area contributed by atoms with Crippen LogP contribution in [0, 0.1) is 0 Å². The first-order valence-corrected chi connectivity index (χ1v) is 6.95. The maximum atomic E-state index is 6.06. The second-order valence-corrected chi connectivity index (χ2v) is 6.11. The van der Waals surface area contributed by atoms with Crippen molar-refractivity contribution in [1.82, 2.24) is 4.90 Å². The van der Waals surface area contributed by atoms with Crippen LogP contribution in [0.15, 0.2) is 15.9 Å². The lowest BCUT2D eigenvalue weighted by molar-refractivity contribution is 0.225. The van der Waals surface area contributed by atoms with Crippen LogP contribution in [0.25, 0.3) is 0 Å². The van der Waals surface area contributed by atoms with Crippen molar-refractivity contribution in [2.75, 3.05) is 13.1 Å². The van der Waals surface area contributed by atoms with Gasteiger partial charge in [0.1, 0.15) is 0 Å². The third kappa shape index (κ3) is 2.72. The molecule has 0 saturated carbocycles. The number of nitrogens with zero attached hydrogens (tertiary/aromatic N) is 1. The molecule has 0 bridgehead atoms. The summed E-state index contributed by atoms with van der Waals surface area (Å²) in [6.07, 6.45) is 2.26. The molecule has 1 aliphatic rings. The Hall–Kier alpha value is 0.430. The Morgan fingerprint density at radius 3 is 2.79 bits per heavy atom. The standard InChI is InChI=1S/C10H13BrClNS/c11-9-3-6-14-10(9)7-13-4-1-8(12)2-5-13/h3,6,8H,1-2,4-5,7H2. The molecule has 78 valence electrons. The predicted molar refractivity (Wildman–Crippen MR) is 66.2 cm³/mol. The number of likely N-dealkylation sites (tertiary alicyclic amines) is 1. The van der Waals surface area contributed by atoms with E-state index < -0.39 is 0 Å². The Morgan fingerprint density at radius 2 is 2.21 bits per heavy atom. The molecule has 0 atom stereocenters. The fourth-order valence-corrected chi connectivity index (χ4v) is 3.41. The van der Waals surface area contributed by atoms with Crippen LogP contribution < -0.4 is 0 Å². The molecule has 1 saturated heterocycles. The van der Waals surface area contributed by atoms with Gasteiger partial charge in [-0.1, -0.05) is 0 Å². The van der Waals surface area contributed by atoms with E-state index >= 15 is 0 Å². The first kappa shape index (κ1) is 10.9. The highest BCUT2D eigenvalue weighted by molar-refractivity contribution is 9.10. The quantitative estimate of drug-likeness (QED) is 0.752. The molecule has 0 aliphatic carbocycles. The van der Waals surface area contributed by atoms with Crippen molar-refractivity contribution in [2.45, 2.75) is 24.8 Å². The molecule has 1 aromatic heterocycles. The smallest absolute Gasteiger partial charge is 0.0360 e. The summed E-state index contributed by atoms with van der Waals surface area (Å²) in [6.45, 7) is 3.35. The molecular formula is C10H13BrClNS. The van der Waals surface area contributed by atoms with Gasteiger partial charge in [0.05, 0.1) is 0 Å². The Kier molecular flexibility index (Phi) is 3.88. The van der Waals surface area contributed by atoms with E-state index in [0.717, 1.165) is 32.5 Å². The molecule has 0 radical (unpaired) electrons. The molecule has 14 heavy (non-hydrogen) atoms. The maximum absolute atomic E-state index is 6.06. The lowest BCUT2D eigenvalue weighted by Gasteiger charge is -2.28. The number of alkyl halides is 1. The normalized spacial score (nSPS) is 20.1. The molecule has 1 aliphatic heterocycles. The van der Waals surface area contributed by atoms with E-state index in [4.69, 9.17) is 11.6 Å². The molecular weight excluding hydrogens is 282 g/mol. The molecule has 1 fully saturated rings. The number of thiophene rings is 1. The maximum Gasteiger partial charge on any atom is 0.0360 e. The van der Waals surface area contributed by atoms with Crippen molar-refractivity contribution < 1.29 is 0 Å². The van der Waals surface area contributed by atoms with Crippen molar-refractivity contribution in [2.24, 2.45) is 0 Å². The molecule has 1 aromatic rings. The van der Waals surface area contributed by atoms with Gasteiger partial charge in [0.15, 0.2) is 0 Å². The second-order valence-electron chi connectivity index (χ2n) is 3.64. The number of hydrogen-bond acceptors (Lipinski definition) is 2. The van der Waals surface area contributed by atoms with Gasteiger partial charge in [-0.2, -0.15) is 0 Å². The minimum Gasteiger partial charge on any atom is -0.298 e. The summed E-state index contributed by atoms with van der Waals surface area (Å²) < 4.78 is 1.25. The Labute approximate surface area is 102 Å². The Balaban J connectivity index is 1.89. The van der Waals surface area contributed by atoms with Crippen LogP contribution in [0.5, 0.6) is 0 Å². The first-order chi connectivity index (χ1) is 6.75. The van der Waals surface area contributed by atoms with E-state index in [-0.39, 0.29) is 0 Å². The highest BCUT2D eigenvalue weighted by Gasteiger charge is 2.17. The summed E-state index contributed by atoms with van der Waals surface area (Å²) in [5, 5.41) is 2.53. The SMILES string of the molecule is ClC1CCN(Cc2sccc2Br)CC1. The second kappa shape index (κ2) is 4.97. The molecule has 0 N–H and O–H groups in total. The lowest BCUT2D eigenvalue weighted by atomic mass is 10.1. The number of hydrogen-bond donors (Lipinski definition) is 0. The topological polar surface area (TPSA) is 3.24 Å². The largest absolute Gasteiger partial charge is 0.298 e. The Bertz CT molecular complexity index is 294. The summed E-state index contributed by atoms with van der Waals surface area (Å²) in [5.74, 6) is 0. The van der Waals surface area contributed by atoms with Gasteiger partial charge in [0, 0.05) is 21.3 Å². The number of halogens is 2. The highest BCUT2D eigenvalue weighted by atomic mass is 79.9. The summed E-state index contributed by atoms with van der Waals surface area (Å²) in [7, 11) is 0. The lowest BCUT2D eigenvalue weighted by Crippen LogP contribution is -2.33. The van der Waals surface area contributed by atoms with Crippen LogP contribution in [0.1, 0.15) is 17.7 Å². The molecule has 1 nitrogen and oxygen atoms in total. The third-order valence-corrected chi connectivity index (χ3v) is 4.92. The van der Waals surface area contributed by atoms with Gasteiger partial charge in [-0.15, -0.1) is 22.9 Å². The highest BCUT2D eigenvalue weighted by Crippen LogP contribution is 2.26. The molecule has 0 amide bonds. The molecule has 4 heteroatoms. The van der Waals surface area contributed by atoms with Crippen molar-refractivity contribution in [3.05, 3.63) is 20.8 Å². The monoisotopic (exact) mass is 293 g/mol. The van der Waals surface area contributed by atoms with Gasteiger partial charge in [-0.3, -0.25) is 4.90 Å². The van der Waals surface area contributed by atoms with Crippen LogP contribution in [-0.4, -0.2) is 23.4 Å². The van der Waals surface area contributed by atoms with E-state index in [2.05, 4.69) is 32.3 Å². The van der Waals surface area contributed by atoms with E-state index in [0.29, 0.717) is 5.38 Å². The summed E-state index contributed by atoms with van der Waals surface area (Å²) >= 11 is 11.4. The van der Waals surface area contributed by atoms with Crippen LogP contribution >= 0.6 is 38.9 Å². The van der Waals surface area contributed by atoms with Crippen LogP contribution in [0.4, 0.5) is 0 Å². The minimum absolute atomic E-state index is 0.401. The minimum atomic E-state index is 0.401. The van der Waals surface area contributed by atoms with Gasteiger partial charge < -0.3 is 0 Å². The first-order valence-electron chi connectivity index (χ1n) is 4.84. The van der Waals surface area contributed by atoms with E-state index in [1.165, 1.54) is 9.35 Å². The third-order valence-electron chi connectivity index (χ3n) is 2.58. The molecule has 2 heterocycles. The zero-order chi connectivity index (χ0) is 9.97. The van der Waals surface area contributed by atoms with E-state index in [1.807, 2.05) is 11.3 Å². The zero-order valence-corrected chi connectivity index (χ0v) is 11.0. The summed E-state index contributed by atoms with van der Waals surface area (Å²) in [6, 6.07) is 2.12. The van der Waals surface area contributed by atoms with Crippen molar-refractivity contribution >= 4 is 38.9 Å². The van der Waals surface area contributed by atoms with E-state index in [9.17, 15) is 0 Å². The van der Waals surface area contributed by atoms with Gasteiger partial charge in [0.2, 0.25) is 0 Å². The van der Waals surface area contributed by atoms with Gasteiger partial charge in [-0.25, -0.2) is 0 Å². The number of piperidine rings is 1. The van der Waals surface area contributed by atoms with Crippen molar-refractivity contribution in [3.8, 4) is 0 Å². The molecule has 0 aromatic carbocycles.